The first kappa shape index (κ1) is 24.6. The summed E-state index contributed by atoms with van der Waals surface area (Å²) in [5.74, 6) is 0.730. The van der Waals surface area contributed by atoms with E-state index < -0.39 is 10.0 Å². The van der Waals surface area contributed by atoms with Gasteiger partial charge in [-0.1, -0.05) is 53.5 Å². The van der Waals surface area contributed by atoms with Crippen LogP contribution in [0, 0.1) is 0 Å². The molecule has 0 atom stereocenters. The van der Waals surface area contributed by atoms with Crippen molar-refractivity contribution in [2.24, 2.45) is 0 Å². The number of nitrogens with one attached hydrogen (secondary N) is 2. The molecule has 0 amide bonds. The second kappa shape index (κ2) is 10.1. The Kier molecular flexibility index (Phi) is 6.90. The Hall–Kier alpha value is -3.11. The molecule has 0 saturated carbocycles. The highest BCUT2D eigenvalue weighted by molar-refractivity contribution is 9.10. The smallest absolute Gasteiger partial charge is 0.261 e. The lowest BCUT2D eigenvalue weighted by atomic mass is 10.1. The molecule has 7 nitrogen and oxygen atoms in total. The molecule has 2 N–H and O–H groups in total. The fourth-order valence-corrected chi connectivity index (χ4v) is 5.35. The first-order chi connectivity index (χ1) is 17.3. The topological polar surface area (TPSA) is 88.4 Å². The standard InChI is InChI=1S/C25H18BrCl2N5O2S/c26-21-15-30-33-24(13-23(31-25(21)33)20-3-1-2-4-22(20)28)29-14-16-5-9-18(10-6-16)32-36(34,35)19-11-7-17(27)8-12-19/h1-13,15,29,32H,14H2. The van der Waals surface area contributed by atoms with E-state index in [0.29, 0.717) is 33.6 Å². The van der Waals surface area contributed by atoms with Crippen LogP contribution in [0.3, 0.4) is 0 Å². The molecule has 36 heavy (non-hydrogen) atoms. The lowest BCUT2D eigenvalue weighted by Gasteiger charge is -2.12. The molecule has 3 aromatic carbocycles. The van der Waals surface area contributed by atoms with E-state index in [4.69, 9.17) is 28.2 Å². The molecule has 182 valence electrons. The number of hydrogen-bond acceptors (Lipinski definition) is 5. The molecule has 5 aromatic rings. The Labute approximate surface area is 226 Å². The molecule has 0 fully saturated rings. The van der Waals surface area contributed by atoms with Gasteiger partial charge >= 0.3 is 0 Å². The molecule has 0 radical (unpaired) electrons. The minimum Gasteiger partial charge on any atom is -0.366 e. The van der Waals surface area contributed by atoms with Gasteiger partial charge in [0, 0.05) is 33.9 Å². The van der Waals surface area contributed by atoms with E-state index >= 15 is 0 Å². The van der Waals surface area contributed by atoms with Crippen molar-refractivity contribution >= 4 is 66.3 Å². The molecule has 0 aliphatic carbocycles. The summed E-state index contributed by atoms with van der Waals surface area (Å²) in [7, 11) is -3.71. The summed E-state index contributed by atoms with van der Waals surface area (Å²) in [5, 5.41) is 8.87. The Bertz CT molecular complexity index is 1660. The second-order valence-electron chi connectivity index (χ2n) is 7.84. The molecule has 2 heterocycles. The third kappa shape index (κ3) is 5.19. The Balaban J connectivity index is 1.35. The highest BCUT2D eigenvalue weighted by Gasteiger charge is 2.15. The molecule has 0 bridgehead atoms. The molecular weight excluding hydrogens is 585 g/mol. The zero-order valence-electron chi connectivity index (χ0n) is 18.5. The maximum Gasteiger partial charge on any atom is 0.261 e. The largest absolute Gasteiger partial charge is 0.366 e. The van der Waals surface area contributed by atoms with E-state index in [1.807, 2.05) is 42.5 Å². The lowest BCUT2D eigenvalue weighted by Crippen LogP contribution is -2.13. The summed E-state index contributed by atoms with van der Waals surface area (Å²) >= 11 is 15.8. The van der Waals surface area contributed by atoms with E-state index in [9.17, 15) is 8.42 Å². The van der Waals surface area contributed by atoms with Gasteiger partial charge in [-0.3, -0.25) is 4.72 Å². The minimum absolute atomic E-state index is 0.138. The Morgan fingerprint density at radius 1 is 0.944 bits per heavy atom. The van der Waals surface area contributed by atoms with E-state index in [-0.39, 0.29) is 4.90 Å². The highest BCUT2D eigenvalue weighted by atomic mass is 79.9. The van der Waals surface area contributed by atoms with Crippen molar-refractivity contribution in [2.45, 2.75) is 11.4 Å². The van der Waals surface area contributed by atoms with Gasteiger partial charge < -0.3 is 5.32 Å². The van der Waals surface area contributed by atoms with Crippen LogP contribution in [0.25, 0.3) is 16.9 Å². The number of halogens is 3. The number of nitrogens with zero attached hydrogens (tertiary/aromatic N) is 3. The van der Waals surface area contributed by atoms with Gasteiger partial charge in [0.05, 0.1) is 21.3 Å². The normalized spacial score (nSPS) is 11.5. The number of anilines is 2. The summed E-state index contributed by atoms with van der Waals surface area (Å²) in [6.07, 6.45) is 1.69. The van der Waals surface area contributed by atoms with Crippen molar-refractivity contribution in [1.29, 1.82) is 0 Å². The Morgan fingerprint density at radius 3 is 2.39 bits per heavy atom. The van der Waals surface area contributed by atoms with Gasteiger partial charge in [0.2, 0.25) is 0 Å². The SMILES string of the molecule is O=S(=O)(Nc1ccc(CNc2cc(-c3ccccc3Cl)nc3c(Br)cnn23)cc1)c1ccc(Cl)cc1. The zero-order chi connectivity index (χ0) is 25.3. The summed E-state index contributed by atoms with van der Waals surface area (Å²) in [4.78, 5) is 4.85. The van der Waals surface area contributed by atoms with E-state index in [1.54, 1.807) is 22.8 Å². The van der Waals surface area contributed by atoms with Crippen LogP contribution in [0.15, 0.2) is 94.4 Å². The van der Waals surface area contributed by atoms with Crippen LogP contribution >= 0.6 is 39.1 Å². The van der Waals surface area contributed by atoms with E-state index in [1.165, 1.54) is 24.3 Å². The molecule has 2 aromatic heterocycles. The van der Waals surface area contributed by atoms with Gasteiger partial charge in [-0.25, -0.2) is 13.4 Å². The predicted octanol–water partition coefficient (Wildman–Crippen LogP) is 6.88. The number of fused-ring (bicyclic) bond motifs is 1. The second-order valence-corrected chi connectivity index (χ2v) is 11.2. The molecule has 0 unspecified atom stereocenters. The lowest BCUT2D eigenvalue weighted by molar-refractivity contribution is 0.601. The average molecular weight is 603 g/mol. The fraction of sp³-hybridized carbons (Fsp3) is 0.0400. The average Bonchev–Trinajstić information content (AvgIpc) is 3.24. The maximum absolute atomic E-state index is 12.6. The summed E-state index contributed by atoms with van der Waals surface area (Å²) in [6.45, 7) is 0.475. The van der Waals surface area contributed by atoms with Crippen LogP contribution < -0.4 is 10.0 Å². The van der Waals surface area contributed by atoms with Gasteiger partial charge in [-0.05, 0) is 64.0 Å². The summed E-state index contributed by atoms with van der Waals surface area (Å²) in [6, 6.07) is 22.5. The Morgan fingerprint density at radius 2 is 1.67 bits per heavy atom. The number of rotatable bonds is 7. The van der Waals surface area contributed by atoms with Gasteiger partial charge in [-0.15, -0.1) is 0 Å². The molecule has 5 rings (SSSR count). The van der Waals surface area contributed by atoms with Crippen LogP contribution in [0.4, 0.5) is 11.5 Å². The third-order valence-corrected chi connectivity index (χ3v) is 7.92. The van der Waals surface area contributed by atoms with E-state index in [2.05, 4.69) is 31.1 Å². The van der Waals surface area contributed by atoms with E-state index in [0.717, 1.165) is 21.4 Å². The first-order valence-electron chi connectivity index (χ1n) is 10.7. The summed E-state index contributed by atoms with van der Waals surface area (Å²) in [5.41, 5.74) is 3.58. The minimum atomic E-state index is -3.71. The fourth-order valence-electron chi connectivity index (χ4n) is 3.58. The number of aromatic nitrogens is 3. The van der Waals surface area contributed by atoms with Gasteiger partial charge in [0.15, 0.2) is 5.65 Å². The zero-order valence-corrected chi connectivity index (χ0v) is 22.4. The van der Waals surface area contributed by atoms with Crippen LogP contribution in [0.2, 0.25) is 10.0 Å². The molecule has 0 aliphatic heterocycles. The molecule has 0 aliphatic rings. The predicted molar refractivity (Wildman–Crippen MR) is 147 cm³/mol. The highest BCUT2D eigenvalue weighted by Crippen LogP contribution is 2.30. The van der Waals surface area contributed by atoms with Crippen molar-refractivity contribution in [3.05, 3.63) is 105 Å². The van der Waals surface area contributed by atoms with Crippen molar-refractivity contribution in [2.75, 3.05) is 10.0 Å². The van der Waals surface area contributed by atoms with Gasteiger partial charge in [-0.2, -0.15) is 9.61 Å². The summed E-state index contributed by atoms with van der Waals surface area (Å²) < 4.78 is 30.3. The van der Waals surface area contributed by atoms with Crippen molar-refractivity contribution in [3.63, 3.8) is 0 Å². The molecule has 0 saturated heterocycles. The molecule has 11 heteroatoms. The number of sulfonamides is 1. The van der Waals surface area contributed by atoms with Crippen LogP contribution in [0.1, 0.15) is 5.56 Å². The third-order valence-electron chi connectivity index (χ3n) is 5.38. The van der Waals surface area contributed by atoms with Crippen LogP contribution in [0.5, 0.6) is 0 Å². The van der Waals surface area contributed by atoms with Gasteiger partial charge in [0.1, 0.15) is 5.82 Å². The molecular formula is C25H18BrCl2N5O2S. The first-order valence-corrected chi connectivity index (χ1v) is 13.7. The molecule has 0 spiro atoms. The van der Waals surface area contributed by atoms with Gasteiger partial charge in [0.25, 0.3) is 10.0 Å². The van der Waals surface area contributed by atoms with Crippen LogP contribution in [-0.2, 0) is 16.6 Å². The van der Waals surface area contributed by atoms with Crippen molar-refractivity contribution in [1.82, 2.24) is 14.6 Å². The quantitative estimate of drug-likeness (QED) is 0.212. The van der Waals surface area contributed by atoms with Crippen molar-refractivity contribution < 1.29 is 8.42 Å². The number of hydrogen-bond donors (Lipinski definition) is 2. The van der Waals surface area contributed by atoms with Crippen LogP contribution in [-0.4, -0.2) is 23.0 Å². The van der Waals surface area contributed by atoms with Crippen molar-refractivity contribution in [3.8, 4) is 11.3 Å². The maximum atomic E-state index is 12.6. The number of benzene rings is 3. The monoisotopic (exact) mass is 601 g/mol.